The van der Waals surface area contributed by atoms with Crippen LogP contribution in [0.4, 0.5) is 11.4 Å². The average Bonchev–Trinajstić information content (AvgIpc) is 2.77. The lowest BCUT2D eigenvalue weighted by atomic mass is 10.1. The van der Waals surface area contributed by atoms with E-state index in [0.29, 0.717) is 5.69 Å². The number of nitro groups is 1. The molecule has 0 aliphatic carbocycles. The van der Waals surface area contributed by atoms with Crippen molar-refractivity contribution in [2.45, 2.75) is 0 Å². The number of hydrogen-bond acceptors (Lipinski definition) is 6. The third kappa shape index (κ3) is 4.55. The lowest BCUT2D eigenvalue weighted by Gasteiger charge is -2.18. The van der Waals surface area contributed by atoms with Gasteiger partial charge in [0.25, 0.3) is 11.6 Å². The molecule has 0 fully saturated rings. The Bertz CT molecular complexity index is 1160. The monoisotopic (exact) mass is 423 g/mol. The molecular weight excluding hydrogens is 402 g/mol. The minimum atomic E-state index is -0.694. The van der Waals surface area contributed by atoms with Crippen LogP contribution in [0.1, 0.15) is 10.4 Å². The normalized spacial score (nSPS) is 10.4. The van der Waals surface area contributed by atoms with E-state index in [2.05, 4.69) is 5.32 Å². The standard InChI is InChI=1S/C22H21N3O6/c1-24(13-21(26)23-17-10-6-8-14-7-4-5-9-15(14)17)22(27)16-11-19(30-2)20(31-3)12-18(16)25(28)29/h4-12H,13H2,1-3H3,(H,23,26). The number of nitro benzene ring substituents is 1. The van der Waals surface area contributed by atoms with Crippen molar-refractivity contribution in [1.82, 2.24) is 4.90 Å². The highest BCUT2D eigenvalue weighted by atomic mass is 16.6. The van der Waals surface area contributed by atoms with Gasteiger partial charge in [0.2, 0.25) is 5.91 Å². The van der Waals surface area contributed by atoms with Crippen LogP contribution in [0, 0.1) is 10.1 Å². The van der Waals surface area contributed by atoms with Crippen molar-refractivity contribution in [1.29, 1.82) is 0 Å². The first-order valence-corrected chi connectivity index (χ1v) is 9.29. The Balaban J connectivity index is 1.81. The highest BCUT2D eigenvalue weighted by Gasteiger charge is 2.27. The van der Waals surface area contributed by atoms with Gasteiger partial charge in [0, 0.05) is 24.2 Å². The van der Waals surface area contributed by atoms with Gasteiger partial charge in [0.05, 0.1) is 31.8 Å². The van der Waals surface area contributed by atoms with Crippen LogP contribution in [0.2, 0.25) is 0 Å². The maximum absolute atomic E-state index is 12.9. The van der Waals surface area contributed by atoms with Crippen molar-refractivity contribution in [2.24, 2.45) is 0 Å². The van der Waals surface area contributed by atoms with E-state index in [4.69, 9.17) is 9.47 Å². The Morgan fingerprint density at radius 2 is 1.68 bits per heavy atom. The summed E-state index contributed by atoms with van der Waals surface area (Å²) < 4.78 is 10.2. The molecule has 0 aliphatic heterocycles. The minimum absolute atomic E-state index is 0.127. The molecule has 3 aromatic carbocycles. The molecule has 9 nitrogen and oxygen atoms in total. The lowest BCUT2D eigenvalue weighted by molar-refractivity contribution is -0.385. The quantitative estimate of drug-likeness (QED) is 0.460. The Morgan fingerprint density at radius 3 is 2.35 bits per heavy atom. The van der Waals surface area contributed by atoms with Crippen molar-refractivity contribution < 1.29 is 24.0 Å². The van der Waals surface area contributed by atoms with Gasteiger partial charge in [-0.1, -0.05) is 36.4 Å². The fourth-order valence-electron chi connectivity index (χ4n) is 3.21. The zero-order valence-corrected chi connectivity index (χ0v) is 17.2. The molecule has 1 N–H and O–H groups in total. The Hall–Kier alpha value is -4.14. The van der Waals surface area contributed by atoms with Crippen LogP contribution in [0.25, 0.3) is 10.8 Å². The van der Waals surface area contributed by atoms with Gasteiger partial charge in [0.1, 0.15) is 5.56 Å². The molecule has 2 amide bonds. The van der Waals surface area contributed by atoms with Gasteiger partial charge in [-0.15, -0.1) is 0 Å². The summed E-state index contributed by atoms with van der Waals surface area (Å²) in [5, 5.41) is 16.1. The van der Waals surface area contributed by atoms with Crippen LogP contribution in [0.3, 0.4) is 0 Å². The first-order chi connectivity index (χ1) is 14.8. The molecule has 31 heavy (non-hydrogen) atoms. The van der Waals surface area contributed by atoms with Crippen molar-refractivity contribution >= 4 is 34.0 Å². The van der Waals surface area contributed by atoms with Gasteiger partial charge in [0.15, 0.2) is 11.5 Å². The summed E-state index contributed by atoms with van der Waals surface area (Å²) in [6.45, 7) is -0.298. The number of carbonyl (C=O) groups excluding carboxylic acids is 2. The zero-order chi connectivity index (χ0) is 22.5. The molecule has 3 rings (SSSR count). The van der Waals surface area contributed by atoms with Crippen molar-refractivity contribution in [3.05, 3.63) is 70.3 Å². The van der Waals surface area contributed by atoms with Crippen LogP contribution >= 0.6 is 0 Å². The van der Waals surface area contributed by atoms with E-state index >= 15 is 0 Å². The van der Waals surface area contributed by atoms with E-state index in [1.165, 1.54) is 27.3 Å². The van der Waals surface area contributed by atoms with Gasteiger partial charge in [-0.25, -0.2) is 0 Å². The highest BCUT2D eigenvalue weighted by Crippen LogP contribution is 2.35. The second-order valence-electron chi connectivity index (χ2n) is 6.72. The highest BCUT2D eigenvalue weighted by molar-refractivity contribution is 6.05. The van der Waals surface area contributed by atoms with E-state index in [1.807, 2.05) is 36.4 Å². The number of carbonyl (C=O) groups is 2. The van der Waals surface area contributed by atoms with Gasteiger partial charge >= 0.3 is 0 Å². The SMILES string of the molecule is COc1cc(C(=O)N(C)CC(=O)Nc2cccc3ccccc23)c([N+](=O)[O-])cc1OC. The summed E-state index contributed by atoms with van der Waals surface area (Å²) in [7, 11) is 4.09. The maximum atomic E-state index is 12.9. The summed E-state index contributed by atoms with van der Waals surface area (Å²) in [5.74, 6) is -0.830. The van der Waals surface area contributed by atoms with Crippen molar-refractivity contribution in [3.63, 3.8) is 0 Å². The number of nitrogens with one attached hydrogen (secondary N) is 1. The molecule has 0 saturated heterocycles. The molecule has 0 atom stereocenters. The van der Waals surface area contributed by atoms with Crippen LogP contribution in [0.15, 0.2) is 54.6 Å². The minimum Gasteiger partial charge on any atom is -0.493 e. The molecule has 3 aromatic rings. The molecule has 0 unspecified atom stereocenters. The first kappa shape index (κ1) is 21.6. The molecule has 0 radical (unpaired) electrons. The first-order valence-electron chi connectivity index (χ1n) is 9.29. The third-order valence-electron chi connectivity index (χ3n) is 4.72. The number of anilines is 1. The largest absolute Gasteiger partial charge is 0.493 e. The van der Waals surface area contributed by atoms with E-state index in [1.54, 1.807) is 6.07 Å². The molecule has 0 aliphatic rings. The summed E-state index contributed by atoms with van der Waals surface area (Å²) in [4.78, 5) is 37.3. The molecule has 9 heteroatoms. The van der Waals surface area contributed by atoms with E-state index in [9.17, 15) is 19.7 Å². The van der Waals surface area contributed by atoms with Crippen LogP contribution in [-0.2, 0) is 4.79 Å². The predicted octanol–water partition coefficient (Wildman–Crippen LogP) is 3.48. The molecule has 0 aromatic heterocycles. The molecule has 0 saturated carbocycles. The molecule has 0 spiro atoms. The van der Waals surface area contributed by atoms with Crippen LogP contribution in [0.5, 0.6) is 11.5 Å². The third-order valence-corrected chi connectivity index (χ3v) is 4.72. The Morgan fingerprint density at radius 1 is 1.03 bits per heavy atom. The van der Waals surface area contributed by atoms with E-state index in [-0.39, 0.29) is 23.6 Å². The summed E-state index contributed by atoms with van der Waals surface area (Å²) in [6, 6.07) is 15.4. The van der Waals surface area contributed by atoms with E-state index < -0.39 is 22.4 Å². The smallest absolute Gasteiger partial charge is 0.286 e. The molecule has 160 valence electrons. The van der Waals surface area contributed by atoms with Crippen molar-refractivity contribution in [3.8, 4) is 11.5 Å². The molecule has 0 heterocycles. The number of rotatable bonds is 7. The van der Waals surface area contributed by atoms with Gasteiger partial charge < -0.3 is 19.7 Å². The average molecular weight is 423 g/mol. The summed E-state index contributed by atoms with van der Waals surface area (Å²) in [5.41, 5.74) is -0.0341. The number of hydrogen-bond donors (Lipinski definition) is 1. The predicted molar refractivity (Wildman–Crippen MR) is 116 cm³/mol. The van der Waals surface area contributed by atoms with Crippen molar-refractivity contribution in [2.75, 3.05) is 33.1 Å². The number of benzene rings is 3. The van der Waals surface area contributed by atoms with Gasteiger partial charge in [-0.05, 0) is 11.5 Å². The summed E-state index contributed by atoms with van der Waals surface area (Å²) in [6.07, 6.45) is 0. The number of likely N-dealkylation sites (N-methyl/N-ethyl adjacent to an activating group) is 1. The molecular formula is C22H21N3O6. The van der Waals surface area contributed by atoms with E-state index in [0.717, 1.165) is 21.7 Å². The summed E-state index contributed by atoms with van der Waals surface area (Å²) >= 11 is 0. The molecule has 0 bridgehead atoms. The van der Waals surface area contributed by atoms with Gasteiger partial charge in [-0.3, -0.25) is 19.7 Å². The fraction of sp³-hybridized carbons (Fsp3) is 0.182. The number of fused-ring (bicyclic) bond motifs is 1. The number of amides is 2. The number of ether oxygens (including phenoxy) is 2. The maximum Gasteiger partial charge on any atom is 0.286 e. The number of methoxy groups -OCH3 is 2. The second kappa shape index (κ2) is 9.12. The zero-order valence-electron chi connectivity index (χ0n) is 17.2. The van der Waals surface area contributed by atoms with Crippen LogP contribution in [-0.4, -0.2) is 49.4 Å². The second-order valence-corrected chi connectivity index (χ2v) is 6.72. The fourth-order valence-corrected chi connectivity index (χ4v) is 3.21. The van der Waals surface area contributed by atoms with Crippen LogP contribution < -0.4 is 14.8 Å². The Kier molecular flexibility index (Phi) is 6.35. The Labute approximate surface area is 178 Å². The lowest BCUT2D eigenvalue weighted by Crippen LogP contribution is -2.35. The van der Waals surface area contributed by atoms with Gasteiger partial charge in [-0.2, -0.15) is 0 Å². The number of nitrogens with zero attached hydrogens (tertiary/aromatic N) is 2. The topological polar surface area (TPSA) is 111 Å².